The Morgan fingerprint density at radius 2 is 1.55 bits per heavy atom. The van der Waals surface area contributed by atoms with Gasteiger partial charge in [-0.05, 0) is 60.4 Å². The normalized spacial score (nSPS) is 11.0. The summed E-state index contributed by atoms with van der Waals surface area (Å²) in [5, 5.41) is 2.95. The predicted molar refractivity (Wildman–Crippen MR) is 177 cm³/mol. The Balaban J connectivity index is 0.00000529. The van der Waals surface area contributed by atoms with Gasteiger partial charge in [0.25, 0.3) is 5.91 Å². The lowest BCUT2D eigenvalue weighted by molar-refractivity contribution is 0.0996. The van der Waals surface area contributed by atoms with Crippen LogP contribution < -0.4 is 31.0 Å². The van der Waals surface area contributed by atoms with Crippen LogP contribution in [0.25, 0.3) is 6.08 Å². The van der Waals surface area contributed by atoms with E-state index in [1.54, 1.807) is 24.3 Å². The topological polar surface area (TPSA) is 138 Å². The number of aliphatic imine (C=N–C) groups is 1. The molecule has 10 heteroatoms. The number of carbonyl (C=O) groups is 2. The van der Waals surface area contributed by atoms with E-state index in [2.05, 4.69) is 22.5 Å². The average molecular weight is 615 g/mol. The molecule has 44 heavy (non-hydrogen) atoms. The molecule has 4 aromatic rings. The summed E-state index contributed by atoms with van der Waals surface area (Å²) in [5.41, 5.74) is 16.8. The fourth-order valence-corrected chi connectivity index (χ4v) is 4.50. The standard InChI is InChI=1S/C34H34N4O5.ClH/c1-21-13-18-25(37-32(35)29-26(33(36)39)20-28(41-2)30(42-3)31(29)43-4)19-27(21)38-34(40)24-16-14-23(15-17-24)12-8-11-22-9-6-5-7-10-22;/h5-11,13-20H,12H2,1-4H3,(H2,35,37)(H2,36,39)(H,38,40);1H. The van der Waals surface area contributed by atoms with Gasteiger partial charge in [0.15, 0.2) is 11.5 Å². The van der Waals surface area contributed by atoms with Gasteiger partial charge >= 0.3 is 0 Å². The van der Waals surface area contributed by atoms with Crippen molar-refractivity contribution in [1.29, 1.82) is 0 Å². The van der Waals surface area contributed by atoms with E-state index in [-0.39, 0.29) is 52.5 Å². The highest BCUT2D eigenvalue weighted by molar-refractivity contribution is 6.12. The van der Waals surface area contributed by atoms with Crippen molar-refractivity contribution in [3.63, 3.8) is 0 Å². The molecule has 5 N–H and O–H groups in total. The second-order valence-electron chi connectivity index (χ2n) is 9.60. The zero-order chi connectivity index (χ0) is 30.9. The third-order valence-corrected chi connectivity index (χ3v) is 6.75. The van der Waals surface area contributed by atoms with Crippen molar-refractivity contribution in [3.8, 4) is 17.2 Å². The first-order chi connectivity index (χ1) is 20.7. The van der Waals surface area contributed by atoms with Crippen molar-refractivity contribution < 1.29 is 23.8 Å². The number of nitrogens with two attached hydrogens (primary N) is 2. The van der Waals surface area contributed by atoms with Gasteiger partial charge in [-0.25, -0.2) is 4.99 Å². The molecule has 0 spiro atoms. The molecule has 0 atom stereocenters. The average Bonchev–Trinajstić information content (AvgIpc) is 3.02. The molecule has 4 rings (SSSR count). The van der Waals surface area contributed by atoms with E-state index in [4.69, 9.17) is 25.7 Å². The quantitative estimate of drug-likeness (QED) is 0.138. The van der Waals surface area contributed by atoms with E-state index in [0.717, 1.165) is 23.1 Å². The lowest BCUT2D eigenvalue weighted by Gasteiger charge is -2.18. The SMILES string of the molecule is COc1cc(C(N)=O)c(C(N)=Nc2ccc(C)c(NC(=O)c3ccc(CC=Cc4ccccc4)cc3)c2)c(OC)c1OC.Cl. The van der Waals surface area contributed by atoms with Crippen molar-refractivity contribution in [2.75, 3.05) is 26.6 Å². The van der Waals surface area contributed by atoms with Crippen LogP contribution in [0.4, 0.5) is 11.4 Å². The predicted octanol–water partition coefficient (Wildman–Crippen LogP) is 6.09. The first kappa shape index (κ1) is 33.2. The van der Waals surface area contributed by atoms with Crippen molar-refractivity contribution in [3.05, 3.63) is 118 Å². The zero-order valence-corrected chi connectivity index (χ0v) is 25.7. The summed E-state index contributed by atoms with van der Waals surface area (Å²) in [5.74, 6) is -0.412. The number of amides is 2. The summed E-state index contributed by atoms with van der Waals surface area (Å²) in [6.45, 7) is 1.87. The Labute approximate surface area is 263 Å². The van der Waals surface area contributed by atoms with Crippen LogP contribution in [0.5, 0.6) is 17.2 Å². The first-order valence-electron chi connectivity index (χ1n) is 13.5. The number of halogens is 1. The van der Waals surface area contributed by atoms with E-state index in [0.29, 0.717) is 16.9 Å². The maximum absolute atomic E-state index is 13.1. The van der Waals surface area contributed by atoms with Gasteiger partial charge in [0.2, 0.25) is 11.7 Å². The molecular weight excluding hydrogens is 580 g/mol. The number of hydrogen-bond acceptors (Lipinski definition) is 6. The maximum Gasteiger partial charge on any atom is 0.255 e. The molecule has 0 aliphatic heterocycles. The fourth-order valence-electron chi connectivity index (χ4n) is 4.50. The molecule has 2 amide bonds. The summed E-state index contributed by atoms with van der Waals surface area (Å²) in [6.07, 6.45) is 4.91. The number of rotatable bonds is 11. The Morgan fingerprint density at radius 1 is 0.864 bits per heavy atom. The minimum Gasteiger partial charge on any atom is -0.493 e. The van der Waals surface area contributed by atoms with Gasteiger partial charge in [0.1, 0.15) is 5.84 Å². The fraction of sp³-hybridized carbons (Fsp3) is 0.147. The van der Waals surface area contributed by atoms with Crippen LogP contribution >= 0.6 is 12.4 Å². The summed E-state index contributed by atoms with van der Waals surface area (Å²) < 4.78 is 16.3. The van der Waals surface area contributed by atoms with Gasteiger partial charge in [-0.1, -0.05) is 60.7 Å². The molecule has 0 heterocycles. The number of nitrogens with zero attached hydrogens (tertiary/aromatic N) is 1. The number of primary amides is 1. The Morgan fingerprint density at radius 3 is 2.16 bits per heavy atom. The molecule has 9 nitrogen and oxygen atoms in total. The molecule has 0 bridgehead atoms. The number of allylic oxidation sites excluding steroid dienone is 1. The van der Waals surface area contributed by atoms with E-state index < -0.39 is 5.91 Å². The second-order valence-corrected chi connectivity index (χ2v) is 9.60. The minimum atomic E-state index is -0.748. The molecule has 0 saturated heterocycles. The van der Waals surface area contributed by atoms with E-state index >= 15 is 0 Å². The zero-order valence-electron chi connectivity index (χ0n) is 24.9. The molecule has 0 aliphatic carbocycles. The number of nitrogens with one attached hydrogen (secondary N) is 1. The van der Waals surface area contributed by atoms with Crippen LogP contribution in [0.2, 0.25) is 0 Å². The second kappa shape index (κ2) is 15.3. The molecule has 0 saturated carbocycles. The van der Waals surface area contributed by atoms with E-state index in [1.165, 1.54) is 27.4 Å². The van der Waals surface area contributed by atoms with Gasteiger partial charge < -0.3 is 31.0 Å². The summed E-state index contributed by atoms with van der Waals surface area (Å²) >= 11 is 0. The lowest BCUT2D eigenvalue weighted by Crippen LogP contribution is -2.23. The molecule has 0 fully saturated rings. The first-order valence-corrected chi connectivity index (χ1v) is 13.5. The van der Waals surface area contributed by atoms with Crippen molar-refractivity contribution in [1.82, 2.24) is 0 Å². The van der Waals surface area contributed by atoms with Crippen LogP contribution in [0, 0.1) is 6.92 Å². The van der Waals surface area contributed by atoms with Crippen LogP contribution in [-0.2, 0) is 6.42 Å². The molecule has 0 aromatic heterocycles. The number of benzene rings is 4. The van der Waals surface area contributed by atoms with Gasteiger partial charge in [-0.3, -0.25) is 9.59 Å². The smallest absolute Gasteiger partial charge is 0.255 e. The van der Waals surface area contributed by atoms with Crippen molar-refractivity contribution >= 4 is 47.5 Å². The third kappa shape index (κ3) is 7.76. The maximum atomic E-state index is 13.1. The highest BCUT2D eigenvalue weighted by Crippen LogP contribution is 2.42. The number of anilines is 1. The van der Waals surface area contributed by atoms with Crippen LogP contribution in [0.15, 0.2) is 89.9 Å². The Kier molecular flexibility index (Phi) is 11.5. The Hall–Kier alpha value is -5.28. The van der Waals surface area contributed by atoms with Gasteiger partial charge in [0.05, 0.1) is 38.1 Å². The highest BCUT2D eigenvalue weighted by Gasteiger charge is 2.25. The number of aryl methyl sites for hydroxylation is 1. The third-order valence-electron chi connectivity index (χ3n) is 6.75. The molecular formula is C34H35ClN4O5. The minimum absolute atomic E-state index is 0. The van der Waals surface area contributed by atoms with Gasteiger partial charge in [-0.15, -0.1) is 12.4 Å². The monoisotopic (exact) mass is 614 g/mol. The number of methoxy groups -OCH3 is 3. The van der Waals surface area contributed by atoms with Crippen LogP contribution in [0.3, 0.4) is 0 Å². The lowest BCUT2D eigenvalue weighted by atomic mass is 10.0. The van der Waals surface area contributed by atoms with Crippen molar-refractivity contribution in [2.45, 2.75) is 13.3 Å². The number of hydrogen-bond donors (Lipinski definition) is 3. The molecule has 0 aliphatic rings. The largest absolute Gasteiger partial charge is 0.493 e. The van der Waals surface area contributed by atoms with Crippen molar-refractivity contribution in [2.24, 2.45) is 16.5 Å². The van der Waals surface area contributed by atoms with E-state index in [1.807, 2.05) is 55.5 Å². The summed E-state index contributed by atoms with van der Waals surface area (Å²) in [4.78, 5) is 29.9. The summed E-state index contributed by atoms with van der Waals surface area (Å²) in [7, 11) is 4.28. The van der Waals surface area contributed by atoms with Crippen LogP contribution in [-0.4, -0.2) is 39.0 Å². The number of ether oxygens (including phenoxy) is 3. The molecule has 228 valence electrons. The molecule has 4 aromatic carbocycles. The van der Waals surface area contributed by atoms with E-state index in [9.17, 15) is 9.59 Å². The highest BCUT2D eigenvalue weighted by atomic mass is 35.5. The van der Waals surface area contributed by atoms with Crippen LogP contribution in [0.1, 0.15) is 43.0 Å². The summed E-state index contributed by atoms with van der Waals surface area (Å²) in [6, 6.07) is 24.2. The number of carbonyl (C=O) groups excluding carboxylic acids is 2. The molecule has 0 radical (unpaired) electrons. The van der Waals surface area contributed by atoms with Gasteiger partial charge in [0, 0.05) is 11.3 Å². The van der Waals surface area contributed by atoms with Gasteiger partial charge in [-0.2, -0.15) is 0 Å². The number of amidine groups is 1. The molecule has 0 unspecified atom stereocenters. The Bertz CT molecular complexity index is 1690.